The van der Waals surface area contributed by atoms with Gasteiger partial charge in [0.2, 0.25) is 0 Å². The molecule has 0 atom stereocenters. The average Bonchev–Trinajstić information content (AvgIpc) is 2.99. The van der Waals surface area contributed by atoms with Crippen molar-refractivity contribution in [2.45, 2.75) is 24.2 Å². The smallest absolute Gasteiger partial charge is 0.262 e. The van der Waals surface area contributed by atoms with Gasteiger partial charge in [-0.15, -0.1) is 0 Å². The number of rotatable bonds is 9. The number of nitrogens with one attached hydrogen (secondary N) is 2. The van der Waals surface area contributed by atoms with Crippen LogP contribution in [0, 0.1) is 11.3 Å². The Labute approximate surface area is 250 Å². The number of nitrogens with zero attached hydrogens (tertiary/aromatic N) is 1. The number of ether oxygens (including phenoxy) is 1. The second-order valence-electron chi connectivity index (χ2n) is 10.2. The van der Waals surface area contributed by atoms with Gasteiger partial charge in [0.1, 0.15) is 11.6 Å². The standard InChI is InChI=1S/C32H31ClN4O4S/c33-26-11-13-27(14-12-26)41-30-4-2-1-3-29(30)36-42(39,40)28-15-9-25(10-16-28)32(38)37-19-17-23(18-20-37)21-22-5-7-24(8-6-22)31(34)35/h1-16,23,36H,17-21H2,(H3,34,35). The number of benzene rings is 4. The van der Waals surface area contributed by atoms with Crippen LogP contribution in [-0.4, -0.2) is 38.2 Å². The molecule has 4 N–H and O–H groups in total. The number of hydrogen-bond acceptors (Lipinski definition) is 5. The number of hydrogen-bond donors (Lipinski definition) is 3. The summed E-state index contributed by atoms with van der Waals surface area (Å²) in [5.41, 5.74) is 8.16. The molecule has 1 saturated heterocycles. The van der Waals surface area contributed by atoms with Crippen LogP contribution >= 0.6 is 11.6 Å². The molecule has 10 heteroatoms. The lowest BCUT2D eigenvalue weighted by Crippen LogP contribution is -2.38. The van der Waals surface area contributed by atoms with Crippen LogP contribution < -0.4 is 15.2 Å². The van der Waals surface area contributed by atoms with E-state index in [4.69, 9.17) is 27.5 Å². The van der Waals surface area contributed by atoms with Crippen LogP contribution in [-0.2, 0) is 16.4 Å². The molecule has 0 radical (unpaired) electrons. The van der Waals surface area contributed by atoms with Crippen LogP contribution in [0.3, 0.4) is 0 Å². The fourth-order valence-electron chi connectivity index (χ4n) is 4.93. The van der Waals surface area contributed by atoms with E-state index in [1.807, 2.05) is 29.2 Å². The number of likely N-dealkylation sites (tertiary alicyclic amines) is 1. The molecule has 1 fully saturated rings. The quantitative estimate of drug-likeness (QED) is 0.153. The Balaban J connectivity index is 1.19. The number of amidine groups is 1. The molecular formula is C32H31ClN4O4S. The topological polar surface area (TPSA) is 126 Å². The minimum absolute atomic E-state index is 0.0369. The van der Waals surface area contributed by atoms with Gasteiger partial charge < -0.3 is 15.4 Å². The van der Waals surface area contributed by atoms with Crippen molar-refractivity contribution in [3.63, 3.8) is 0 Å². The van der Waals surface area contributed by atoms with Crippen molar-refractivity contribution in [2.24, 2.45) is 11.7 Å². The third kappa shape index (κ3) is 7.10. The normalized spacial score (nSPS) is 13.9. The van der Waals surface area contributed by atoms with Gasteiger partial charge in [-0.1, -0.05) is 48.0 Å². The Morgan fingerprint density at radius 1 is 0.905 bits per heavy atom. The Morgan fingerprint density at radius 3 is 2.17 bits per heavy atom. The van der Waals surface area contributed by atoms with Gasteiger partial charge in [-0.2, -0.15) is 0 Å². The number of nitrogens with two attached hydrogens (primary N) is 1. The highest BCUT2D eigenvalue weighted by Crippen LogP contribution is 2.32. The minimum Gasteiger partial charge on any atom is -0.455 e. The first-order chi connectivity index (χ1) is 20.2. The number of sulfonamides is 1. The van der Waals surface area contributed by atoms with Crippen molar-refractivity contribution in [1.82, 2.24) is 4.90 Å². The third-order valence-corrected chi connectivity index (χ3v) is 8.91. The summed E-state index contributed by atoms with van der Waals surface area (Å²) in [6.45, 7) is 1.28. The largest absolute Gasteiger partial charge is 0.455 e. The average molecular weight is 603 g/mol. The maximum atomic E-state index is 13.2. The second kappa shape index (κ2) is 12.7. The first-order valence-corrected chi connectivity index (χ1v) is 15.4. The van der Waals surface area contributed by atoms with Gasteiger partial charge >= 0.3 is 0 Å². The number of anilines is 1. The zero-order valence-electron chi connectivity index (χ0n) is 22.8. The molecule has 0 saturated carbocycles. The SMILES string of the molecule is N=C(N)c1ccc(CC2CCN(C(=O)c3ccc(S(=O)(=O)Nc4ccccc4Oc4ccc(Cl)cc4)cc3)CC2)cc1. The van der Waals surface area contributed by atoms with E-state index >= 15 is 0 Å². The summed E-state index contributed by atoms with van der Waals surface area (Å²) in [5.74, 6) is 1.26. The number of piperidine rings is 1. The van der Waals surface area contributed by atoms with E-state index in [1.54, 1.807) is 60.7 Å². The summed E-state index contributed by atoms with van der Waals surface area (Å²) in [7, 11) is -3.94. The molecule has 8 nitrogen and oxygen atoms in total. The molecule has 42 heavy (non-hydrogen) atoms. The number of carbonyl (C=O) groups is 1. The summed E-state index contributed by atoms with van der Waals surface area (Å²) in [4.78, 5) is 15.0. The van der Waals surface area contributed by atoms with Crippen molar-refractivity contribution in [3.8, 4) is 11.5 Å². The number of para-hydroxylation sites is 2. The summed E-state index contributed by atoms with van der Waals surface area (Å²) >= 11 is 5.94. The lowest BCUT2D eigenvalue weighted by Gasteiger charge is -2.32. The molecule has 1 amide bonds. The Hall–Kier alpha value is -4.34. The number of amides is 1. The molecule has 1 aliphatic rings. The van der Waals surface area contributed by atoms with Crippen molar-refractivity contribution in [2.75, 3.05) is 17.8 Å². The van der Waals surface area contributed by atoms with Crippen LogP contribution in [0.25, 0.3) is 0 Å². The maximum absolute atomic E-state index is 13.2. The van der Waals surface area contributed by atoms with Crippen molar-refractivity contribution < 1.29 is 17.9 Å². The molecule has 0 unspecified atom stereocenters. The minimum atomic E-state index is -3.94. The van der Waals surface area contributed by atoms with Gasteiger partial charge in [0.15, 0.2) is 5.75 Å². The summed E-state index contributed by atoms with van der Waals surface area (Å²) in [6, 6.07) is 27.2. The lowest BCUT2D eigenvalue weighted by molar-refractivity contribution is 0.0690. The van der Waals surface area contributed by atoms with E-state index in [0.717, 1.165) is 19.3 Å². The Kier molecular flexibility index (Phi) is 8.80. The van der Waals surface area contributed by atoms with Crippen molar-refractivity contribution in [1.29, 1.82) is 5.41 Å². The number of nitrogen functional groups attached to an aromatic ring is 1. The molecule has 4 aromatic rings. The van der Waals surface area contributed by atoms with Gasteiger partial charge in [-0.05, 0) is 91.4 Å². The van der Waals surface area contributed by atoms with E-state index in [-0.39, 0.29) is 22.3 Å². The van der Waals surface area contributed by atoms with Crippen molar-refractivity contribution in [3.05, 3.63) is 119 Å². The molecular weight excluding hydrogens is 572 g/mol. The van der Waals surface area contributed by atoms with Gasteiger partial charge in [-0.25, -0.2) is 8.42 Å². The third-order valence-electron chi connectivity index (χ3n) is 7.28. The van der Waals surface area contributed by atoms with Crippen LogP contribution in [0.1, 0.15) is 34.3 Å². The van der Waals surface area contributed by atoms with Gasteiger partial charge in [0.05, 0.1) is 10.6 Å². The zero-order chi connectivity index (χ0) is 29.7. The lowest BCUT2D eigenvalue weighted by atomic mass is 9.89. The van der Waals surface area contributed by atoms with E-state index < -0.39 is 10.0 Å². The maximum Gasteiger partial charge on any atom is 0.262 e. The van der Waals surface area contributed by atoms with Gasteiger partial charge in [-0.3, -0.25) is 14.9 Å². The highest BCUT2D eigenvalue weighted by molar-refractivity contribution is 7.92. The molecule has 216 valence electrons. The van der Waals surface area contributed by atoms with Crippen LogP contribution in [0.15, 0.2) is 102 Å². The Morgan fingerprint density at radius 2 is 1.52 bits per heavy atom. The Bertz CT molecular complexity index is 1670. The van der Waals surface area contributed by atoms with Crippen molar-refractivity contribution >= 4 is 39.1 Å². The fourth-order valence-corrected chi connectivity index (χ4v) is 6.12. The van der Waals surface area contributed by atoms with Crippen LogP contribution in [0.4, 0.5) is 5.69 Å². The summed E-state index contributed by atoms with van der Waals surface area (Å²) in [6.07, 6.45) is 2.68. The van der Waals surface area contributed by atoms with Crippen LogP contribution in [0.2, 0.25) is 5.02 Å². The predicted molar refractivity (Wildman–Crippen MR) is 165 cm³/mol. The van der Waals surface area contributed by atoms with E-state index in [9.17, 15) is 13.2 Å². The number of halogens is 1. The van der Waals surface area contributed by atoms with E-state index in [0.29, 0.717) is 46.7 Å². The van der Waals surface area contributed by atoms with E-state index in [1.165, 1.54) is 17.7 Å². The monoisotopic (exact) mass is 602 g/mol. The second-order valence-corrected chi connectivity index (χ2v) is 12.4. The summed E-state index contributed by atoms with van der Waals surface area (Å²) < 4.78 is 34.8. The first-order valence-electron chi connectivity index (χ1n) is 13.6. The molecule has 1 heterocycles. The highest BCUT2D eigenvalue weighted by atomic mass is 35.5. The summed E-state index contributed by atoms with van der Waals surface area (Å²) in [5, 5.41) is 8.09. The fraction of sp³-hybridized carbons (Fsp3) is 0.188. The van der Waals surface area contributed by atoms with Gasteiger partial charge in [0, 0.05) is 29.2 Å². The zero-order valence-corrected chi connectivity index (χ0v) is 24.4. The molecule has 0 aromatic heterocycles. The molecule has 0 spiro atoms. The molecule has 0 bridgehead atoms. The molecule has 5 rings (SSSR count). The number of carbonyl (C=O) groups excluding carboxylic acids is 1. The highest BCUT2D eigenvalue weighted by Gasteiger charge is 2.25. The van der Waals surface area contributed by atoms with Crippen LogP contribution in [0.5, 0.6) is 11.5 Å². The van der Waals surface area contributed by atoms with Gasteiger partial charge in [0.25, 0.3) is 15.9 Å². The molecule has 4 aromatic carbocycles. The molecule has 1 aliphatic heterocycles. The first kappa shape index (κ1) is 29.2. The molecule has 0 aliphatic carbocycles. The van der Waals surface area contributed by atoms with E-state index in [2.05, 4.69) is 4.72 Å². The predicted octanol–water partition coefficient (Wildman–Crippen LogP) is 6.31.